The molecule has 0 radical (unpaired) electrons. The van der Waals surface area contributed by atoms with Gasteiger partial charge in [-0.3, -0.25) is 0 Å². The van der Waals surface area contributed by atoms with E-state index < -0.39 is 38.7 Å². The van der Waals surface area contributed by atoms with Gasteiger partial charge in [0.2, 0.25) is 0 Å². The van der Waals surface area contributed by atoms with E-state index in [0.29, 0.717) is 46.5 Å². The topological polar surface area (TPSA) is 36.9 Å². The maximum atomic E-state index is 7.31. The molecule has 0 aromatic carbocycles. The van der Waals surface area contributed by atoms with Gasteiger partial charge in [-0.25, -0.2) is 0 Å². The predicted octanol–water partition coefficient (Wildman–Crippen LogP) is 8.26. The molecule has 0 atom stereocenters. The fourth-order valence-electron chi connectivity index (χ4n) is 5.67. The van der Waals surface area contributed by atoms with Crippen LogP contribution >= 0.6 is 0 Å². The Kier molecular flexibility index (Phi) is 12.9. The van der Waals surface area contributed by atoms with E-state index in [1.54, 1.807) is 0 Å². The molecule has 0 saturated heterocycles. The summed E-state index contributed by atoms with van der Waals surface area (Å²) in [7, 11) is -4.40. The third kappa shape index (κ3) is 6.58. The van der Waals surface area contributed by atoms with E-state index in [1.807, 2.05) is 13.8 Å². The minimum atomic E-state index is -4.29. The molecular weight excluding hydrogens is 476 g/mol. The quantitative estimate of drug-likeness (QED) is 0.213. The average Bonchev–Trinajstić information content (AvgIpc) is 2.56. The van der Waals surface area contributed by atoms with Gasteiger partial charge in [0.15, 0.2) is 0 Å². The molecule has 0 aromatic heterocycles. The first kappa shape index (κ1) is 30.2. The van der Waals surface area contributed by atoms with Gasteiger partial charge in [-0.15, -0.1) is 0 Å². The molecule has 0 rings (SSSR count). The molecule has 0 unspecified atom stereocenters. The Balaban J connectivity index is 6.66. The van der Waals surface area contributed by atoms with Crippen molar-refractivity contribution in [2.24, 2.45) is 0 Å². The normalized spacial score (nSPS) is 14.5. The van der Waals surface area contributed by atoms with Gasteiger partial charge in [-0.1, -0.05) is 0 Å². The van der Waals surface area contributed by atoms with Crippen molar-refractivity contribution in [1.82, 2.24) is 0 Å². The molecule has 0 spiro atoms. The standard InChI is InChI=1S/2C9H21OSi.2C2H5O.Zr/c2*1-7(2)11(10,8(3)4)9(5)6;2*1-2-3;/h2*7-9H,1-6H3;2*2H2,1H3;/q4*-1;+4. The van der Waals surface area contributed by atoms with Crippen molar-refractivity contribution in [3.63, 3.8) is 0 Å². The minimum absolute atomic E-state index is 0.469. The fraction of sp³-hybridized carbons (Fsp3) is 1.00. The molecule has 0 saturated carbocycles. The van der Waals surface area contributed by atoms with E-state index in [2.05, 4.69) is 83.1 Å². The molecule has 0 N–H and O–H groups in total. The van der Waals surface area contributed by atoms with Crippen molar-refractivity contribution in [3.8, 4) is 0 Å². The Morgan fingerprint density at radius 1 is 0.483 bits per heavy atom. The van der Waals surface area contributed by atoms with Crippen LogP contribution in [0.5, 0.6) is 0 Å². The molecular formula is C22H52O4Si2Zr. The second-order valence-corrected chi connectivity index (χ2v) is 27.8. The van der Waals surface area contributed by atoms with Crippen molar-refractivity contribution < 1.29 is 32.7 Å². The molecule has 0 heterocycles. The summed E-state index contributed by atoms with van der Waals surface area (Å²) in [6.07, 6.45) is 0. The number of rotatable bonds is 14. The van der Waals surface area contributed by atoms with E-state index >= 15 is 0 Å². The Labute approximate surface area is 192 Å². The number of hydrogen-bond acceptors (Lipinski definition) is 4. The first-order valence-corrected chi connectivity index (χ1v) is 20.2. The molecule has 176 valence electrons. The number of hydrogen-bond donors (Lipinski definition) is 0. The van der Waals surface area contributed by atoms with Gasteiger partial charge >= 0.3 is 193 Å². The van der Waals surface area contributed by atoms with Crippen LogP contribution in [0.2, 0.25) is 33.2 Å². The Morgan fingerprint density at radius 3 is 0.828 bits per heavy atom. The summed E-state index contributed by atoms with van der Waals surface area (Å²) < 4.78 is 27.6. The van der Waals surface area contributed by atoms with Crippen molar-refractivity contribution in [1.29, 1.82) is 0 Å². The monoisotopic (exact) mass is 526 g/mol. The van der Waals surface area contributed by atoms with E-state index in [-0.39, 0.29) is 0 Å². The summed E-state index contributed by atoms with van der Waals surface area (Å²) in [6, 6.07) is 0. The zero-order chi connectivity index (χ0) is 23.2. The van der Waals surface area contributed by atoms with E-state index in [4.69, 9.17) is 10.6 Å². The average molecular weight is 528 g/mol. The Morgan fingerprint density at radius 2 is 0.690 bits per heavy atom. The van der Waals surface area contributed by atoms with Gasteiger partial charge < -0.3 is 0 Å². The van der Waals surface area contributed by atoms with Crippen LogP contribution in [0.3, 0.4) is 0 Å². The van der Waals surface area contributed by atoms with Crippen LogP contribution in [0.1, 0.15) is 96.9 Å². The molecule has 7 heteroatoms. The van der Waals surface area contributed by atoms with Crippen LogP contribution in [0.25, 0.3) is 0 Å². The van der Waals surface area contributed by atoms with Crippen LogP contribution in [0.4, 0.5) is 0 Å². The summed E-state index contributed by atoms with van der Waals surface area (Å²) in [4.78, 5) is 0. The predicted molar refractivity (Wildman–Crippen MR) is 128 cm³/mol. The van der Waals surface area contributed by atoms with Crippen LogP contribution in [-0.4, -0.2) is 29.8 Å². The molecule has 0 bridgehead atoms. The van der Waals surface area contributed by atoms with Crippen molar-refractivity contribution in [2.45, 2.75) is 130 Å². The molecule has 0 aliphatic heterocycles. The zero-order valence-electron chi connectivity index (χ0n) is 22.0. The zero-order valence-corrected chi connectivity index (χ0v) is 26.5. The first-order chi connectivity index (χ1) is 13.2. The summed E-state index contributed by atoms with van der Waals surface area (Å²) in [6.45, 7) is 33.1. The summed E-state index contributed by atoms with van der Waals surface area (Å²) >= 11 is -4.29. The third-order valence-corrected chi connectivity index (χ3v) is 30.8. The fourth-order valence-corrected chi connectivity index (χ4v) is 37.8. The maximum absolute atomic E-state index is 7.31. The van der Waals surface area contributed by atoms with Crippen LogP contribution < -0.4 is 0 Å². The van der Waals surface area contributed by atoms with Crippen LogP contribution in [0.15, 0.2) is 0 Å². The van der Waals surface area contributed by atoms with Gasteiger partial charge in [-0.05, 0) is 0 Å². The molecule has 29 heavy (non-hydrogen) atoms. The van der Waals surface area contributed by atoms with Crippen molar-refractivity contribution in [3.05, 3.63) is 0 Å². The van der Waals surface area contributed by atoms with Gasteiger partial charge in [0.1, 0.15) is 0 Å². The second-order valence-electron chi connectivity index (χ2n) is 10.2. The van der Waals surface area contributed by atoms with E-state index in [9.17, 15) is 0 Å². The van der Waals surface area contributed by atoms with Crippen molar-refractivity contribution >= 4 is 16.6 Å². The summed E-state index contributed by atoms with van der Waals surface area (Å²) in [5.41, 5.74) is 2.81. The SMILES string of the molecule is CC[O][Zr]([O]CC)([O][Si](C(C)C)(C(C)C)C(C)C)[O][Si](C(C)C)(C(C)C)C(C)C. The Bertz CT molecular complexity index is 382. The first-order valence-electron chi connectivity index (χ1n) is 11.9. The van der Waals surface area contributed by atoms with Gasteiger partial charge in [0, 0.05) is 0 Å². The molecule has 0 aliphatic rings. The van der Waals surface area contributed by atoms with E-state index in [0.717, 1.165) is 0 Å². The molecule has 0 aromatic rings. The summed E-state index contributed by atoms with van der Waals surface area (Å²) in [5.74, 6) is 0. The Hall–Kier alpha value is 1.16. The molecule has 0 aliphatic carbocycles. The molecule has 0 fully saturated rings. The van der Waals surface area contributed by atoms with Crippen molar-refractivity contribution in [2.75, 3.05) is 13.2 Å². The van der Waals surface area contributed by atoms with Gasteiger partial charge in [0.05, 0.1) is 0 Å². The third-order valence-electron chi connectivity index (χ3n) is 6.66. The second kappa shape index (κ2) is 12.4. The van der Waals surface area contributed by atoms with Crippen LogP contribution in [-0.2, 0) is 32.7 Å². The summed E-state index contributed by atoms with van der Waals surface area (Å²) in [5, 5.41) is 0. The van der Waals surface area contributed by atoms with E-state index in [1.165, 1.54) is 0 Å². The van der Waals surface area contributed by atoms with Crippen LogP contribution in [0, 0.1) is 0 Å². The molecule has 4 nitrogen and oxygen atoms in total. The molecule has 0 amide bonds. The van der Waals surface area contributed by atoms with Gasteiger partial charge in [0.25, 0.3) is 0 Å². The van der Waals surface area contributed by atoms with Gasteiger partial charge in [-0.2, -0.15) is 0 Å².